The van der Waals surface area contributed by atoms with E-state index in [2.05, 4.69) is 27.7 Å². The summed E-state index contributed by atoms with van der Waals surface area (Å²) in [5.74, 6) is 0.568. The molecule has 1 amide bonds. The minimum atomic E-state index is -0.606. The molecule has 1 aliphatic rings. The smallest absolute Gasteiger partial charge is 0.251 e. The summed E-state index contributed by atoms with van der Waals surface area (Å²) in [4.78, 5) is 15.2. The molecule has 1 aromatic carbocycles. The number of amides is 1. The van der Waals surface area contributed by atoms with Crippen LogP contribution in [0.25, 0.3) is 0 Å². The average Bonchev–Trinajstić information content (AvgIpc) is 2.96. The van der Waals surface area contributed by atoms with Gasteiger partial charge < -0.3 is 15.5 Å². The first-order valence-corrected chi connectivity index (χ1v) is 7.90. The Morgan fingerprint density at radius 3 is 2.43 bits per heavy atom. The molecule has 0 saturated carbocycles. The third kappa shape index (κ3) is 3.53. The van der Waals surface area contributed by atoms with E-state index in [1.807, 2.05) is 49.6 Å². The lowest BCUT2D eigenvalue weighted by molar-refractivity contribution is -0.121. The highest BCUT2D eigenvalue weighted by atomic mass is 16.2. The van der Waals surface area contributed by atoms with Crippen LogP contribution in [0, 0.1) is 0 Å². The van der Waals surface area contributed by atoms with Crippen molar-refractivity contribution in [3.8, 4) is 0 Å². The number of carbonyl (C=O) groups excluding carboxylic acids is 1. The number of hydrogen-bond acceptors (Lipinski definition) is 4. The molecule has 6 nitrogen and oxygen atoms in total. The van der Waals surface area contributed by atoms with E-state index in [0.717, 1.165) is 31.6 Å². The van der Waals surface area contributed by atoms with Crippen molar-refractivity contribution in [1.29, 1.82) is 0 Å². The fraction of sp³-hybridized carbons (Fsp3) is 0.412. The van der Waals surface area contributed by atoms with Crippen LogP contribution < -0.4 is 10.6 Å². The molecule has 0 aliphatic carbocycles. The van der Waals surface area contributed by atoms with Crippen molar-refractivity contribution in [3.63, 3.8) is 0 Å². The fourth-order valence-electron chi connectivity index (χ4n) is 2.92. The number of anilines is 2. The number of benzene rings is 1. The average molecular weight is 313 g/mol. The Labute approximate surface area is 136 Å². The SMILES string of the molecule is CN1CCC(Nc2ccccc2)(C(=O)Nc2ccn(C)n2)CC1. The van der Waals surface area contributed by atoms with Gasteiger partial charge in [-0.3, -0.25) is 9.48 Å². The molecule has 0 atom stereocenters. The quantitative estimate of drug-likeness (QED) is 0.905. The van der Waals surface area contributed by atoms with Crippen LogP contribution in [0.4, 0.5) is 11.5 Å². The Balaban J connectivity index is 1.81. The molecule has 2 heterocycles. The first-order chi connectivity index (χ1) is 11.1. The molecular weight excluding hydrogens is 290 g/mol. The summed E-state index contributed by atoms with van der Waals surface area (Å²) in [5, 5.41) is 10.7. The molecule has 0 spiro atoms. The molecule has 2 N–H and O–H groups in total. The predicted octanol–water partition coefficient (Wildman–Crippen LogP) is 1.94. The van der Waals surface area contributed by atoms with E-state index in [1.165, 1.54) is 0 Å². The van der Waals surface area contributed by atoms with Gasteiger partial charge in [-0.1, -0.05) is 18.2 Å². The van der Waals surface area contributed by atoms with Gasteiger partial charge in [0.15, 0.2) is 5.82 Å². The van der Waals surface area contributed by atoms with Gasteiger partial charge in [0.25, 0.3) is 5.91 Å². The van der Waals surface area contributed by atoms with Crippen LogP contribution in [0.1, 0.15) is 12.8 Å². The topological polar surface area (TPSA) is 62.2 Å². The Bertz CT molecular complexity index is 659. The second-order valence-electron chi connectivity index (χ2n) is 6.21. The van der Waals surface area contributed by atoms with Crippen LogP contribution in [0.2, 0.25) is 0 Å². The number of para-hydroxylation sites is 1. The van der Waals surface area contributed by atoms with Gasteiger partial charge in [0, 0.05) is 38.1 Å². The van der Waals surface area contributed by atoms with E-state index >= 15 is 0 Å². The fourth-order valence-corrected chi connectivity index (χ4v) is 2.92. The number of aryl methyl sites for hydroxylation is 1. The lowest BCUT2D eigenvalue weighted by Crippen LogP contribution is -2.56. The number of rotatable bonds is 4. The summed E-state index contributed by atoms with van der Waals surface area (Å²) < 4.78 is 1.68. The number of likely N-dealkylation sites (tertiary alicyclic amines) is 1. The molecule has 23 heavy (non-hydrogen) atoms. The summed E-state index contributed by atoms with van der Waals surface area (Å²) >= 11 is 0. The third-order valence-corrected chi connectivity index (χ3v) is 4.39. The van der Waals surface area contributed by atoms with Gasteiger partial charge in [-0.05, 0) is 32.0 Å². The first-order valence-electron chi connectivity index (χ1n) is 7.90. The van der Waals surface area contributed by atoms with E-state index < -0.39 is 5.54 Å². The summed E-state index contributed by atoms with van der Waals surface area (Å²) in [6.07, 6.45) is 3.34. The number of aromatic nitrogens is 2. The largest absolute Gasteiger partial charge is 0.371 e. The van der Waals surface area contributed by atoms with Crippen molar-refractivity contribution in [2.24, 2.45) is 7.05 Å². The normalized spacial score (nSPS) is 17.7. The van der Waals surface area contributed by atoms with Gasteiger partial charge in [-0.2, -0.15) is 5.10 Å². The standard InChI is InChI=1S/C17H23N5O/c1-21-12-9-17(10-13-21,19-14-6-4-3-5-7-14)16(23)18-15-8-11-22(2)20-15/h3-8,11,19H,9-10,12-13H2,1-2H3,(H,18,20,23). The zero-order valence-electron chi connectivity index (χ0n) is 13.6. The molecule has 1 saturated heterocycles. The highest BCUT2D eigenvalue weighted by Crippen LogP contribution is 2.28. The summed E-state index contributed by atoms with van der Waals surface area (Å²) in [5.41, 5.74) is 0.360. The van der Waals surface area contributed by atoms with Crippen molar-refractivity contribution < 1.29 is 4.79 Å². The van der Waals surface area contributed by atoms with Crippen molar-refractivity contribution >= 4 is 17.4 Å². The van der Waals surface area contributed by atoms with Crippen LogP contribution in [0.3, 0.4) is 0 Å². The number of nitrogens with zero attached hydrogens (tertiary/aromatic N) is 3. The Morgan fingerprint density at radius 2 is 1.83 bits per heavy atom. The van der Waals surface area contributed by atoms with Gasteiger partial charge in [0.1, 0.15) is 5.54 Å². The summed E-state index contributed by atoms with van der Waals surface area (Å²) in [7, 11) is 3.92. The molecule has 6 heteroatoms. The maximum Gasteiger partial charge on any atom is 0.251 e. The molecule has 3 rings (SSSR count). The second kappa shape index (κ2) is 6.42. The summed E-state index contributed by atoms with van der Waals surface area (Å²) in [6.45, 7) is 1.77. The first kappa shape index (κ1) is 15.6. The molecule has 2 aromatic rings. The Kier molecular flexibility index (Phi) is 4.34. The maximum atomic E-state index is 13.0. The van der Waals surface area contributed by atoms with Gasteiger partial charge in [0.05, 0.1) is 0 Å². The van der Waals surface area contributed by atoms with Crippen molar-refractivity contribution in [2.75, 3.05) is 30.8 Å². The van der Waals surface area contributed by atoms with Crippen LogP contribution in [0.15, 0.2) is 42.6 Å². The van der Waals surface area contributed by atoms with Crippen molar-refractivity contribution in [1.82, 2.24) is 14.7 Å². The van der Waals surface area contributed by atoms with Gasteiger partial charge >= 0.3 is 0 Å². The van der Waals surface area contributed by atoms with E-state index in [0.29, 0.717) is 5.82 Å². The summed E-state index contributed by atoms with van der Waals surface area (Å²) in [6, 6.07) is 11.7. The van der Waals surface area contributed by atoms with E-state index in [9.17, 15) is 4.79 Å². The predicted molar refractivity (Wildman–Crippen MR) is 91.4 cm³/mol. The molecule has 1 aromatic heterocycles. The van der Waals surface area contributed by atoms with Gasteiger partial charge in [0.2, 0.25) is 0 Å². The number of hydrogen-bond donors (Lipinski definition) is 2. The van der Waals surface area contributed by atoms with Crippen LogP contribution >= 0.6 is 0 Å². The number of nitrogens with one attached hydrogen (secondary N) is 2. The van der Waals surface area contributed by atoms with E-state index in [1.54, 1.807) is 4.68 Å². The molecule has 0 radical (unpaired) electrons. The molecule has 0 unspecified atom stereocenters. The van der Waals surface area contributed by atoms with Crippen LogP contribution in [-0.4, -0.2) is 46.3 Å². The zero-order valence-corrected chi connectivity index (χ0v) is 13.6. The zero-order chi connectivity index (χ0) is 16.3. The molecule has 1 aliphatic heterocycles. The van der Waals surface area contributed by atoms with Gasteiger partial charge in [-0.25, -0.2) is 0 Å². The molecule has 122 valence electrons. The lowest BCUT2D eigenvalue weighted by atomic mass is 9.86. The Morgan fingerprint density at radius 1 is 1.13 bits per heavy atom. The second-order valence-corrected chi connectivity index (χ2v) is 6.21. The van der Waals surface area contributed by atoms with Crippen molar-refractivity contribution in [3.05, 3.63) is 42.6 Å². The van der Waals surface area contributed by atoms with Gasteiger partial charge in [-0.15, -0.1) is 0 Å². The molecular formula is C17H23N5O. The van der Waals surface area contributed by atoms with E-state index in [-0.39, 0.29) is 5.91 Å². The monoisotopic (exact) mass is 313 g/mol. The maximum absolute atomic E-state index is 13.0. The number of piperidine rings is 1. The third-order valence-electron chi connectivity index (χ3n) is 4.39. The minimum absolute atomic E-state index is 0.0202. The lowest BCUT2D eigenvalue weighted by Gasteiger charge is -2.40. The molecule has 1 fully saturated rings. The highest BCUT2D eigenvalue weighted by molar-refractivity contribution is 5.99. The van der Waals surface area contributed by atoms with Crippen LogP contribution in [0.5, 0.6) is 0 Å². The van der Waals surface area contributed by atoms with Crippen LogP contribution in [-0.2, 0) is 11.8 Å². The van der Waals surface area contributed by atoms with Crippen molar-refractivity contribution in [2.45, 2.75) is 18.4 Å². The van der Waals surface area contributed by atoms with E-state index in [4.69, 9.17) is 0 Å². The minimum Gasteiger partial charge on any atom is -0.371 e. The Hall–Kier alpha value is -2.34. The highest BCUT2D eigenvalue weighted by Gasteiger charge is 2.41. The molecule has 0 bridgehead atoms. The number of carbonyl (C=O) groups is 1.